The molecule has 0 spiro atoms. The lowest BCUT2D eigenvalue weighted by molar-refractivity contribution is -0.385. The highest BCUT2D eigenvalue weighted by molar-refractivity contribution is 7.16. The van der Waals surface area contributed by atoms with Crippen molar-refractivity contribution in [2.45, 2.75) is 6.54 Å². The van der Waals surface area contributed by atoms with E-state index in [9.17, 15) is 14.9 Å². The minimum absolute atomic E-state index is 0.182. The van der Waals surface area contributed by atoms with Gasteiger partial charge in [0.1, 0.15) is 5.56 Å². The maximum absolute atomic E-state index is 12.8. The highest BCUT2D eigenvalue weighted by atomic mass is 35.5. The molecule has 158 valence electrons. The van der Waals surface area contributed by atoms with E-state index in [4.69, 9.17) is 25.8 Å². The van der Waals surface area contributed by atoms with Crippen molar-refractivity contribution in [2.24, 2.45) is 4.99 Å². The van der Waals surface area contributed by atoms with Crippen LogP contribution in [0.1, 0.15) is 10.4 Å². The number of nitro groups is 1. The molecule has 0 atom stereocenters. The van der Waals surface area contributed by atoms with E-state index in [-0.39, 0.29) is 16.3 Å². The molecule has 11 heteroatoms. The van der Waals surface area contributed by atoms with Crippen molar-refractivity contribution in [1.82, 2.24) is 4.57 Å². The van der Waals surface area contributed by atoms with E-state index in [0.29, 0.717) is 29.5 Å². The van der Waals surface area contributed by atoms with Crippen LogP contribution in [0.15, 0.2) is 35.3 Å². The molecule has 3 rings (SSSR count). The van der Waals surface area contributed by atoms with Gasteiger partial charge in [-0.3, -0.25) is 14.9 Å². The number of thiazole rings is 1. The molecule has 0 aliphatic rings. The van der Waals surface area contributed by atoms with Crippen molar-refractivity contribution in [2.75, 3.05) is 27.9 Å². The highest BCUT2D eigenvalue weighted by Crippen LogP contribution is 2.33. The smallest absolute Gasteiger partial charge is 0.286 e. The molecule has 0 fully saturated rings. The monoisotopic (exact) mass is 451 g/mol. The number of ether oxygens (including phenoxy) is 3. The van der Waals surface area contributed by atoms with Gasteiger partial charge in [-0.1, -0.05) is 22.9 Å². The second-order valence-electron chi connectivity index (χ2n) is 6.04. The normalized spacial score (nSPS) is 11.7. The molecule has 1 heterocycles. The zero-order valence-electron chi connectivity index (χ0n) is 16.4. The molecule has 9 nitrogen and oxygen atoms in total. The fraction of sp³-hybridized carbons (Fsp3) is 0.263. The third-order valence-electron chi connectivity index (χ3n) is 4.29. The van der Waals surface area contributed by atoms with Gasteiger partial charge in [0, 0.05) is 36.9 Å². The summed E-state index contributed by atoms with van der Waals surface area (Å²) in [6.45, 7) is 0.786. The highest BCUT2D eigenvalue weighted by Gasteiger charge is 2.21. The molecule has 1 amide bonds. The fourth-order valence-electron chi connectivity index (χ4n) is 2.87. The average molecular weight is 452 g/mol. The standard InChI is InChI=1S/C19H18ClN3O6S/c1-27-7-6-22-14-9-15(28-2)16(29-3)10-17(14)30-19(22)21-18(24)12-8-11(20)4-5-13(12)23(25)26/h4-5,8-10H,6-7H2,1-3H3. The summed E-state index contributed by atoms with van der Waals surface area (Å²) in [4.78, 5) is 28.0. The van der Waals surface area contributed by atoms with Gasteiger partial charge in [-0.15, -0.1) is 0 Å². The molecular weight excluding hydrogens is 434 g/mol. The zero-order chi connectivity index (χ0) is 21.8. The Labute approximate surface area is 180 Å². The predicted octanol–water partition coefficient (Wildman–Crippen LogP) is 3.67. The Morgan fingerprint density at radius 3 is 2.53 bits per heavy atom. The van der Waals surface area contributed by atoms with E-state index >= 15 is 0 Å². The van der Waals surface area contributed by atoms with Crippen LogP contribution in [-0.2, 0) is 11.3 Å². The van der Waals surface area contributed by atoms with Gasteiger partial charge >= 0.3 is 0 Å². The molecule has 0 radical (unpaired) electrons. The Morgan fingerprint density at radius 2 is 1.90 bits per heavy atom. The van der Waals surface area contributed by atoms with Crippen LogP contribution in [0.5, 0.6) is 11.5 Å². The number of fused-ring (bicyclic) bond motifs is 1. The van der Waals surface area contributed by atoms with Gasteiger partial charge in [-0.2, -0.15) is 4.99 Å². The molecule has 3 aromatic rings. The van der Waals surface area contributed by atoms with E-state index in [2.05, 4.69) is 4.99 Å². The van der Waals surface area contributed by atoms with Crippen LogP contribution in [0.2, 0.25) is 5.02 Å². The summed E-state index contributed by atoms with van der Waals surface area (Å²) >= 11 is 7.18. The first-order valence-corrected chi connectivity index (χ1v) is 9.86. The van der Waals surface area contributed by atoms with Crippen LogP contribution in [0, 0.1) is 10.1 Å². The van der Waals surface area contributed by atoms with Crippen molar-refractivity contribution in [1.29, 1.82) is 0 Å². The molecule has 0 saturated carbocycles. The van der Waals surface area contributed by atoms with E-state index in [1.165, 1.54) is 43.8 Å². The number of aromatic nitrogens is 1. The first-order chi connectivity index (χ1) is 14.4. The Kier molecular flexibility index (Phi) is 6.70. The molecule has 1 aromatic heterocycles. The minimum atomic E-state index is -0.763. The van der Waals surface area contributed by atoms with Crippen LogP contribution in [0.25, 0.3) is 10.2 Å². The molecule has 0 saturated heterocycles. The molecular formula is C19H18ClN3O6S. The number of hydrogen-bond acceptors (Lipinski definition) is 7. The number of benzene rings is 2. The fourth-order valence-corrected chi connectivity index (χ4v) is 4.10. The van der Waals surface area contributed by atoms with Gasteiger partial charge in [0.2, 0.25) is 0 Å². The molecule has 0 bridgehead atoms. The summed E-state index contributed by atoms with van der Waals surface area (Å²) in [6, 6.07) is 7.35. The summed E-state index contributed by atoms with van der Waals surface area (Å²) in [5.41, 5.74) is 0.223. The van der Waals surface area contributed by atoms with Gasteiger partial charge in [0.05, 0.1) is 36.0 Å². The lowest BCUT2D eigenvalue weighted by Gasteiger charge is -2.09. The van der Waals surface area contributed by atoms with Crippen LogP contribution >= 0.6 is 22.9 Å². The molecule has 0 N–H and O–H groups in total. The third kappa shape index (κ3) is 4.30. The average Bonchev–Trinajstić information content (AvgIpc) is 3.06. The maximum Gasteiger partial charge on any atom is 0.286 e. The van der Waals surface area contributed by atoms with Crippen molar-refractivity contribution < 1.29 is 23.9 Å². The van der Waals surface area contributed by atoms with Gasteiger partial charge in [-0.25, -0.2) is 0 Å². The summed E-state index contributed by atoms with van der Waals surface area (Å²) in [6.07, 6.45) is 0. The van der Waals surface area contributed by atoms with Gasteiger partial charge in [0.15, 0.2) is 16.3 Å². The molecule has 2 aromatic carbocycles. The number of carbonyl (C=O) groups excluding carboxylic acids is 1. The third-order valence-corrected chi connectivity index (χ3v) is 5.57. The van der Waals surface area contributed by atoms with Crippen molar-refractivity contribution in [3.8, 4) is 11.5 Å². The largest absolute Gasteiger partial charge is 0.493 e. The van der Waals surface area contributed by atoms with Crippen molar-refractivity contribution in [3.63, 3.8) is 0 Å². The zero-order valence-corrected chi connectivity index (χ0v) is 18.0. The van der Waals surface area contributed by atoms with Crippen LogP contribution in [0.4, 0.5) is 5.69 Å². The quantitative estimate of drug-likeness (QED) is 0.401. The molecule has 0 aliphatic carbocycles. The minimum Gasteiger partial charge on any atom is -0.493 e. The van der Waals surface area contributed by atoms with Gasteiger partial charge < -0.3 is 18.8 Å². The number of halogens is 1. The number of hydrogen-bond donors (Lipinski definition) is 0. The van der Waals surface area contributed by atoms with E-state index < -0.39 is 10.8 Å². The second-order valence-corrected chi connectivity index (χ2v) is 7.49. The Balaban J connectivity index is 2.21. The first kappa shape index (κ1) is 21.8. The SMILES string of the molecule is COCCn1c(=NC(=O)c2cc(Cl)ccc2[N+](=O)[O-])sc2cc(OC)c(OC)cc21. The summed E-state index contributed by atoms with van der Waals surface area (Å²) in [7, 11) is 4.63. The Morgan fingerprint density at radius 1 is 1.20 bits per heavy atom. The maximum atomic E-state index is 12.8. The van der Waals surface area contributed by atoms with Crippen molar-refractivity contribution >= 4 is 44.7 Å². The second kappa shape index (κ2) is 9.24. The Hall–Kier alpha value is -2.95. The number of amides is 1. The summed E-state index contributed by atoms with van der Waals surface area (Å²) < 4.78 is 18.5. The van der Waals surface area contributed by atoms with Crippen molar-refractivity contribution in [3.05, 3.63) is 55.8 Å². The topological polar surface area (TPSA) is 105 Å². The molecule has 0 aliphatic heterocycles. The lowest BCUT2D eigenvalue weighted by atomic mass is 10.2. The first-order valence-electron chi connectivity index (χ1n) is 8.67. The van der Waals surface area contributed by atoms with E-state index in [0.717, 1.165) is 10.2 Å². The van der Waals surface area contributed by atoms with Crippen LogP contribution in [-0.4, -0.2) is 43.3 Å². The summed E-state index contributed by atoms with van der Waals surface area (Å²) in [5.74, 6) is 0.298. The molecule has 0 unspecified atom stereocenters. The van der Waals surface area contributed by atoms with E-state index in [1.807, 2.05) is 0 Å². The number of rotatable bonds is 7. The predicted molar refractivity (Wildman–Crippen MR) is 113 cm³/mol. The summed E-state index contributed by atoms with van der Waals surface area (Å²) in [5, 5.41) is 11.5. The Bertz CT molecular complexity index is 1190. The van der Waals surface area contributed by atoms with E-state index in [1.54, 1.807) is 23.8 Å². The van der Waals surface area contributed by atoms with Crippen LogP contribution < -0.4 is 14.3 Å². The number of nitrogens with zero attached hydrogens (tertiary/aromatic N) is 3. The van der Waals surface area contributed by atoms with Gasteiger partial charge in [0.25, 0.3) is 11.6 Å². The number of carbonyl (C=O) groups is 1. The lowest BCUT2D eigenvalue weighted by Crippen LogP contribution is -2.19. The number of methoxy groups -OCH3 is 3. The van der Waals surface area contributed by atoms with Gasteiger partial charge in [-0.05, 0) is 12.1 Å². The molecule has 30 heavy (non-hydrogen) atoms. The number of nitro benzene ring substituents is 1. The van der Waals surface area contributed by atoms with Crippen LogP contribution in [0.3, 0.4) is 0 Å².